The minimum absolute atomic E-state index is 0.176. The van der Waals surface area contributed by atoms with E-state index >= 15 is 0 Å². The zero-order valence-corrected chi connectivity index (χ0v) is 7.39. The lowest BCUT2D eigenvalue weighted by atomic mass is 10.0. The number of rotatable bonds is 0. The second-order valence-corrected chi connectivity index (χ2v) is 3.77. The topological polar surface area (TPSA) is 17.1 Å². The smallest absolute Gasteiger partial charge is 0.163 e. The lowest BCUT2D eigenvalue weighted by molar-refractivity contribution is 0.0994. The summed E-state index contributed by atoms with van der Waals surface area (Å²) in [5.74, 6) is 0.176. The van der Waals surface area contributed by atoms with Crippen LogP contribution in [-0.4, -0.2) is 5.78 Å². The Morgan fingerprint density at radius 3 is 2.92 bits per heavy atom. The molecule has 66 valence electrons. The Hall–Kier alpha value is -1.11. The highest BCUT2D eigenvalue weighted by molar-refractivity contribution is 6.00. The van der Waals surface area contributed by atoms with Crippen LogP contribution >= 0.6 is 0 Å². The molecule has 1 heteroatoms. The van der Waals surface area contributed by atoms with Crippen LogP contribution in [0.3, 0.4) is 0 Å². The third-order valence-corrected chi connectivity index (χ3v) is 2.96. The van der Waals surface area contributed by atoms with Gasteiger partial charge in [0.2, 0.25) is 0 Å². The van der Waals surface area contributed by atoms with Gasteiger partial charge in [-0.15, -0.1) is 0 Å². The fraction of sp³-hybridized carbons (Fsp3) is 0.417. The van der Waals surface area contributed by atoms with Crippen LogP contribution in [0.5, 0.6) is 0 Å². The van der Waals surface area contributed by atoms with Crippen LogP contribution in [0, 0.1) is 0 Å². The van der Waals surface area contributed by atoms with Gasteiger partial charge in [-0.25, -0.2) is 0 Å². The van der Waals surface area contributed by atoms with Crippen LogP contribution in [-0.2, 0) is 19.2 Å². The van der Waals surface area contributed by atoms with Crippen molar-refractivity contribution in [3.8, 4) is 0 Å². The van der Waals surface area contributed by atoms with Crippen LogP contribution in [0.15, 0.2) is 12.1 Å². The first-order valence-electron chi connectivity index (χ1n) is 5.77. The summed E-state index contributed by atoms with van der Waals surface area (Å²) < 4.78 is 15.7. The average molecular weight is 174 g/mol. The van der Waals surface area contributed by atoms with Crippen LogP contribution in [0.1, 0.15) is 42.6 Å². The maximum atomic E-state index is 11.6. The van der Waals surface area contributed by atoms with E-state index in [9.17, 15) is 4.79 Å². The standard InChI is InChI=1S/C12H12O/c13-12-5-4-10-6-8-2-1-3-9(8)7-11(10)12/h6-7H,1-5H2/i3D2. The highest BCUT2D eigenvalue weighted by Crippen LogP contribution is 2.30. The van der Waals surface area contributed by atoms with Crippen molar-refractivity contribution in [2.24, 2.45) is 0 Å². The Labute approximate surface area is 80.6 Å². The molecule has 0 radical (unpaired) electrons. The molecular formula is C12H12O. The van der Waals surface area contributed by atoms with Gasteiger partial charge in [0, 0.05) is 14.7 Å². The number of hydrogen-bond donors (Lipinski definition) is 0. The zero-order chi connectivity index (χ0) is 10.6. The SMILES string of the molecule is [2H]C1([2H])CCc2cc3c(cc21)C(=O)CC3. The molecule has 3 rings (SSSR count). The van der Waals surface area contributed by atoms with Crippen molar-refractivity contribution in [2.45, 2.75) is 32.1 Å². The minimum Gasteiger partial charge on any atom is -0.294 e. The minimum atomic E-state index is -1.23. The predicted molar refractivity (Wildman–Crippen MR) is 51.1 cm³/mol. The average Bonchev–Trinajstić information content (AvgIpc) is 2.68. The van der Waals surface area contributed by atoms with Crippen LogP contribution in [0.2, 0.25) is 0 Å². The van der Waals surface area contributed by atoms with E-state index in [-0.39, 0.29) is 5.78 Å². The number of carbonyl (C=O) groups excluding carboxylic acids is 1. The molecule has 0 N–H and O–H groups in total. The number of carbonyl (C=O) groups is 1. The highest BCUT2D eigenvalue weighted by atomic mass is 16.1. The highest BCUT2D eigenvalue weighted by Gasteiger charge is 2.22. The first-order valence-corrected chi connectivity index (χ1v) is 4.77. The van der Waals surface area contributed by atoms with Crippen molar-refractivity contribution < 1.29 is 7.54 Å². The Morgan fingerprint density at radius 2 is 2.00 bits per heavy atom. The quantitative estimate of drug-likeness (QED) is 0.590. The maximum Gasteiger partial charge on any atom is 0.163 e. The molecule has 1 aromatic rings. The van der Waals surface area contributed by atoms with Gasteiger partial charge in [-0.3, -0.25) is 4.79 Å². The number of ketones is 1. The number of hydrogen-bond acceptors (Lipinski definition) is 1. The maximum absolute atomic E-state index is 11.6. The predicted octanol–water partition coefficient (Wildman–Crippen LogP) is 2.30. The van der Waals surface area contributed by atoms with Crippen LogP contribution in [0.25, 0.3) is 0 Å². The van der Waals surface area contributed by atoms with Crippen molar-refractivity contribution in [3.05, 3.63) is 34.4 Å². The second kappa shape index (κ2) is 2.44. The van der Waals surface area contributed by atoms with Crippen molar-refractivity contribution in [1.29, 1.82) is 0 Å². The van der Waals surface area contributed by atoms with Gasteiger partial charge in [0.1, 0.15) is 0 Å². The summed E-state index contributed by atoms with van der Waals surface area (Å²) in [4.78, 5) is 11.6. The Morgan fingerprint density at radius 1 is 1.08 bits per heavy atom. The first-order chi connectivity index (χ1) is 7.08. The van der Waals surface area contributed by atoms with E-state index in [2.05, 4.69) is 0 Å². The van der Waals surface area contributed by atoms with Crippen LogP contribution in [0.4, 0.5) is 0 Å². The Kier molecular flexibility index (Phi) is 1.05. The summed E-state index contributed by atoms with van der Waals surface area (Å²) in [5, 5.41) is 0. The van der Waals surface area contributed by atoms with E-state index < -0.39 is 6.37 Å². The fourth-order valence-electron chi connectivity index (χ4n) is 2.25. The molecule has 0 aliphatic heterocycles. The molecular weight excluding hydrogens is 160 g/mol. The van der Waals surface area contributed by atoms with Gasteiger partial charge in [-0.05, 0) is 48.4 Å². The first kappa shape index (κ1) is 5.58. The van der Waals surface area contributed by atoms with E-state index in [0.717, 1.165) is 35.1 Å². The molecule has 0 amide bonds. The summed E-state index contributed by atoms with van der Waals surface area (Å²) in [6, 6.07) is 3.84. The molecule has 13 heavy (non-hydrogen) atoms. The molecule has 1 aromatic carbocycles. The fourth-order valence-corrected chi connectivity index (χ4v) is 2.25. The van der Waals surface area contributed by atoms with Gasteiger partial charge in [-0.1, -0.05) is 6.07 Å². The van der Waals surface area contributed by atoms with E-state index in [0.29, 0.717) is 12.8 Å². The van der Waals surface area contributed by atoms with Gasteiger partial charge in [-0.2, -0.15) is 0 Å². The Balaban J connectivity index is 2.22. The summed E-state index contributed by atoms with van der Waals surface area (Å²) in [7, 11) is 0. The van der Waals surface area contributed by atoms with Gasteiger partial charge in [0.25, 0.3) is 0 Å². The normalized spacial score (nSPS) is 25.1. The molecule has 0 heterocycles. The second-order valence-electron chi connectivity index (χ2n) is 3.77. The number of aryl methyl sites for hydroxylation is 3. The molecule has 1 nitrogen and oxygen atoms in total. The molecule has 0 saturated heterocycles. The number of fused-ring (bicyclic) bond motifs is 2. The van der Waals surface area contributed by atoms with E-state index in [4.69, 9.17) is 2.74 Å². The molecule has 2 aliphatic carbocycles. The van der Waals surface area contributed by atoms with Crippen LogP contribution < -0.4 is 0 Å². The van der Waals surface area contributed by atoms with Gasteiger partial charge >= 0.3 is 0 Å². The van der Waals surface area contributed by atoms with E-state index in [1.54, 1.807) is 6.07 Å². The van der Waals surface area contributed by atoms with E-state index in [1.165, 1.54) is 0 Å². The van der Waals surface area contributed by atoms with Crippen molar-refractivity contribution in [3.63, 3.8) is 0 Å². The van der Waals surface area contributed by atoms with Crippen molar-refractivity contribution >= 4 is 5.78 Å². The number of Topliss-reactive ketones (excluding diaryl/α,β-unsaturated/α-hetero) is 1. The molecule has 0 aromatic heterocycles. The van der Waals surface area contributed by atoms with Gasteiger partial charge < -0.3 is 0 Å². The van der Waals surface area contributed by atoms with E-state index in [1.807, 2.05) is 6.07 Å². The lowest BCUT2D eigenvalue weighted by Gasteiger charge is -2.02. The van der Waals surface area contributed by atoms with Crippen molar-refractivity contribution in [1.82, 2.24) is 0 Å². The molecule has 0 spiro atoms. The lowest BCUT2D eigenvalue weighted by Crippen LogP contribution is -1.93. The molecule has 2 aliphatic rings. The molecule has 0 unspecified atom stereocenters. The molecule has 0 fully saturated rings. The summed E-state index contributed by atoms with van der Waals surface area (Å²) in [5.41, 5.74) is 3.74. The Bertz CT molecular complexity index is 463. The zero-order valence-electron chi connectivity index (χ0n) is 9.39. The molecule has 0 atom stereocenters. The van der Waals surface area contributed by atoms with Crippen molar-refractivity contribution in [2.75, 3.05) is 0 Å². The largest absolute Gasteiger partial charge is 0.294 e. The monoisotopic (exact) mass is 174 g/mol. The third-order valence-electron chi connectivity index (χ3n) is 2.96. The summed E-state index contributed by atoms with van der Waals surface area (Å²) in [6.45, 7) is 0. The molecule has 0 bridgehead atoms. The molecule has 0 saturated carbocycles. The third kappa shape index (κ3) is 0.963. The van der Waals surface area contributed by atoms with Gasteiger partial charge in [0.15, 0.2) is 5.78 Å². The van der Waals surface area contributed by atoms with Gasteiger partial charge in [0.05, 0.1) is 0 Å². The summed E-state index contributed by atoms with van der Waals surface area (Å²) >= 11 is 0. The number of benzene rings is 1. The summed E-state index contributed by atoms with van der Waals surface area (Å²) in [6.07, 6.45) is 1.57.